The molecule has 7 heteroatoms. The number of hydrogen-bond donors (Lipinski definition) is 0. The molecule has 0 saturated heterocycles. The molecule has 5 nitrogen and oxygen atoms in total. The Kier molecular flexibility index (Phi) is 4.08. The third-order valence-electron chi connectivity index (χ3n) is 4.97. The van der Waals surface area contributed by atoms with Gasteiger partial charge in [-0.25, -0.2) is 8.78 Å². The van der Waals surface area contributed by atoms with Gasteiger partial charge in [-0.05, 0) is 55.0 Å². The minimum absolute atomic E-state index is 0.357. The van der Waals surface area contributed by atoms with Crippen LogP contribution < -0.4 is 0 Å². The van der Waals surface area contributed by atoms with E-state index in [1.165, 1.54) is 11.6 Å². The van der Waals surface area contributed by atoms with Gasteiger partial charge < -0.3 is 4.57 Å². The summed E-state index contributed by atoms with van der Waals surface area (Å²) in [7, 11) is 0. The largest absolute Gasteiger partial charge is 0.347 e. The van der Waals surface area contributed by atoms with Crippen LogP contribution in [-0.4, -0.2) is 24.4 Å². The first kappa shape index (κ1) is 17.5. The summed E-state index contributed by atoms with van der Waals surface area (Å²) in [6, 6.07) is 15.6. The molecule has 0 N–H and O–H groups in total. The Morgan fingerprint density at radius 3 is 2.55 bits per heavy atom. The lowest BCUT2D eigenvalue weighted by molar-refractivity contribution is 0.509. The summed E-state index contributed by atoms with van der Waals surface area (Å²) in [6.07, 6.45) is 3.17. The molecule has 0 radical (unpaired) electrons. The van der Waals surface area contributed by atoms with Crippen molar-refractivity contribution in [1.29, 1.82) is 0 Å². The molecule has 0 unspecified atom stereocenters. The number of benzene rings is 2. The first-order chi connectivity index (χ1) is 14.1. The molecule has 0 fully saturated rings. The standard InChI is InChI=1S/C22H17F2N5/c1-2-10-28-11-9-15-12-14(4-7-20(15)28)19-6-8-21-25-26-22(29(21)27-19)16-3-5-17(23)18(24)13-16/h3-9,11-13H,2,10H2,1H3. The number of aryl methyl sites for hydroxylation is 1. The maximum Gasteiger partial charge on any atom is 0.185 e. The molecule has 0 spiro atoms. The Morgan fingerprint density at radius 1 is 0.862 bits per heavy atom. The zero-order valence-electron chi connectivity index (χ0n) is 15.7. The predicted octanol–water partition coefficient (Wildman–Crippen LogP) is 5.10. The highest BCUT2D eigenvalue weighted by atomic mass is 19.2. The maximum atomic E-state index is 13.7. The first-order valence-electron chi connectivity index (χ1n) is 9.41. The number of hydrogen-bond acceptors (Lipinski definition) is 3. The van der Waals surface area contributed by atoms with Gasteiger partial charge in [-0.1, -0.05) is 13.0 Å². The van der Waals surface area contributed by atoms with Crippen LogP contribution in [0, 0.1) is 11.6 Å². The van der Waals surface area contributed by atoms with E-state index >= 15 is 0 Å². The molecule has 0 saturated carbocycles. The van der Waals surface area contributed by atoms with Crippen LogP contribution in [-0.2, 0) is 6.54 Å². The quantitative estimate of drug-likeness (QED) is 0.430. The number of fused-ring (bicyclic) bond motifs is 2. The van der Waals surface area contributed by atoms with Crippen molar-refractivity contribution < 1.29 is 8.78 Å². The fourth-order valence-corrected chi connectivity index (χ4v) is 3.55. The summed E-state index contributed by atoms with van der Waals surface area (Å²) in [5, 5.41) is 14.0. The van der Waals surface area contributed by atoms with Gasteiger partial charge in [-0.3, -0.25) is 0 Å². The fraction of sp³-hybridized carbons (Fsp3) is 0.136. The number of aromatic nitrogens is 5. The Morgan fingerprint density at radius 2 is 1.72 bits per heavy atom. The SMILES string of the molecule is CCCn1ccc2cc(-c3ccc4nnc(-c5ccc(F)c(F)c5)n4n3)ccc21. The summed E-state index contributed by atoms with van der Waals surface area (Å²) in [6.45, 7) is 3.13. The Balaban J connectivity index is 1.61. The lowest BCUT2D eigenvalue weighted by Gasteiger charge is -2.06. The van der Waals surface area contributed by atoms with Crippen LogP contribution in [0.25, 0.3) is 39.2 Å². The van der Waals surface area contributed by atoms with Gasteiger partial charge in [0.15, 0.2) is 23.1 Å². The number of rotatable bonds is 4. The van der Waals surface area contributed by atoms with Crippen molar-refractivity contribution in [2.45, 2.75) is 19.9 Å². The molecule has 0 amide bonds. The van der Waals surface area contributed by atoms with E-state index in [1.807, 2.05) is 18.2 Å². The highest BCUT2D eigenvalue weighted by Crippen LogP contribution is 2.26. The molecule has 0 aliphatic rings. The molecule has 0 aliphatic carbocycles. The first-order valence-corrected chi connectivity index (χ1v) is 9.41. The van der Waals surface area contributed by atoms with Gasteiger partial charge in [-0.2, -0.15) is 9.61 Å². The van der Waals surface area contributed by atoms with Crippen LogP contribution in [0.2, 0.25) is 0 Å². The van der Waals surface area contributed by atoms with E-state index in [-0.39, 0.29) is 0 Å². The average Bonchev–Trinajstić information content (AvgIpc) is 3.34. The van der Waals surface area contributed by atoms with Crippen molar-refractivity contribution in [1.82, 2.24) is 24.4 Å². The average molecular weight is 389 g/mol. The van der Waals surface area contributed by atoms with Crippen LogP contribution >= 0.6 is 0 Å². The molecule has 0 aliphatic heterocycles. The lowest BCUT2D eigenvalue weighted by atomic mass is 10.1. The molecule has 144 valence electrons. The fourth-order valence-electron chi connectivity index (χ4n) is 3.55. The predicted molar refractivity (Wildman–Crippen MR) is 107 cm³/mol. The van der Waals surface area contributed by atoms with Crippen molar-refractivity contribution >= 4 is 16.6 Å². The van der Waals surface area contributed by atoms with Gasteiger partial charge in [-0.15, -0.1) is 10.2 Å². The molecule has 0 atom stereocenters. The van der Waals surface area contributed by atoms with Gasteiger partial charge in [0.2, 0.25) is 0 Å². The van der Waals surface area contributed by atoms with E-state index in [0.29, 0.717) is 17.0 Å². The van der Waals surface area contributed by atoms with Crippen LogP contribution in [0.3, 0.4) is 0 Å². The number of nitrogens with zero attached hydrogens (tertiary/aromatic N) is 5. The summed E-state index contributed by atoms with van der Waals surface area (Å²) in [5.74, 6) is -1.48. The smallest absolute Gasteiger partial charge is 0.185 e. The normalized spacial score (nSPS) is 11.6. The minimum Gasteiger partial charge on any atom is -0.347 e. The molecule has 5 aromatic rings. The third-order valence-corrected chi connectivity index (χ3v) is 4.97. The lowest BCUT2D eigenvalue weighted by Crippen LogP contribution is -1.98. The van der Waals surface area contributed by atoms with Gasteiger partial charge >= 0.3 is 0 Å². The van der Waals surface area contributed by atoms with Gasteiger partial charge in [0.25, 0.3) is 0 Å². The topological polar surface area (TPSA) is 48.0 Å². The summed E-state index contributed by atoms with van der Waals surface area (Å²) in [5.41, 5.74) is 3.82. The molecule has 5 rings (SSSR count). The summed E-state index contributed by atoms with van der Waals surface area (Å²) >= 11 is 0. The molecule has 3 aromatic heterocycles. The molecular formula is C22H17F2N5. The van der Waals surface area contributed by atoms with E-state index in [9.17, 15) is 8.78 Å². The van der Waals surface area contributed by atoms with Crippen LogP contribution in [0.1, 0.15) is 13.3 Å². The van der Waals surface area contributed by atoms with Crippen LogP contribution in [0.15, 0.2) is 60.8 Å². The zero-order valence-corrected chi connectivity index (χ0v) is 15.7. The molecule has 29 heavy (non-hydrogen) atoms. The van der Waals surface area contributed by atoms with E-state index in [4.69, 9.17) is 0 Å². The van der Waals surface area contributed by atoms with E-state index in [0.717, 1.165) is 41.7 Å². The van der Waals surface area contributed by atoms with Crippen molar-refractivity contribution in [2.75, 3.05) is 0 Å². The van der Waals surface area contributed by atoms with Gasteiger partial charge in [0.1, 0.15) is 0 Å². The Hall–Kier alpha value is -3.61. The molecule has 3 heterocycles. The highest BCUT2D eigenvalue weighted by Gasteiger charge is 2.13. The summed E-state index contributed by atoms with van der Waals surface area (Å²) in [4.78, 5) is 0. The number of halogens is 2. The molecule has 2 aromatic carbocycles. The molecular weight excluding hydrogens is 372 g/mol. The maximum absolute atomic E-state index is 13.7. The van der Waals surface area contributed by atoms with E-state index in [2.05, 4.69) is 51.2 Å². The zero-order chi connectivity index (χ0) is 20.0. The molecule has 0 bridgehead atoms. The minimum atomic E-state index is -0.933. The van der Waals surface area contributed by atoms with Crippen molar-refractivity contribution in [3.63, 3.8) is 0 Å². The summed E-state index contributed by atoms with van der Waals surface area (Å²) < 4.78 is 30.7. The van der Waals surface area contributed by atoms with Crippen LogP contribution in [0.4, 0.5) is 8.78 Å². The van der Waals surface area contributed by atoms with Crippen LogP contribution in [0.5, 0.6) is 0 Å². The van der Waals surface area contributed by atoms with Crippen molar-refractivity contribution in [3.8, 4) is 22.6 Å². The van der Waals surface area contributed by atoms with Crippen molar-refractivity contribution in [2.24, 2.45) is 0 Å². The second-order valence-electron chi connectivity index (χ2n) is 6.92. The van der Waals surface area contributed by atoms with E-state index in [1.54, 1.807) is 4.52 Å². The van der Waals surface area contributed by atoms with Crippen molar-refractivity contribution in [3.05, 3.63) is 72.4 Å². The van der Waals surface area contributed by atoms with Gasteiger partial charge in [0, 0.05) is 34.8 Å². The Bertz CT molecular complexity index is 1350. The Labute approximate surface area is 165 Å². The second kappa shape index (κ2) is 6.77. The second-order valence-corrected chi connectivity index (χ2v) is 6.92. The highest BCUT2D eigenvalue weighted by molar-refractivity contribution is 5.85. The van der Waals surface area contributed by atoms with Gasteiger partial charge in [0.05, 0.1) is 5.69 Å². The third kappa shape index (κ3) is 2.95. The monoisotopic (exact) mass is 389 g/mol. The van der Waals surface area contributed by atoms with E-state index < -0.39 is 11.6 Å².